The fourth-order valence-electron chi connectivity index (χ4n) is 4.86. The van der Waals surface area contributed by atoms with Gasteiger partial charge >= 0.3 is 0 Å². The van der Waals surface area contributed by atoms with Gasteiger partial charge in [0.05, 0.1) is 0 Å². The average Bonchev–Trinajstić information content (AvgIpc) is 2.45. The SMILES string of the molecule is CCCNC1CCC(CCC)CC1N1CC(C)CC(C)C1. The van der Waals surface area contributed by atoms with Crippen molar-refractivity contribution < 1.29 is 0 Å². The van der Waals surface area contributed by atoms with E-state index in [0.29, 0.717) is 0 Å². The maximum Gasteiger partial charge on any atom is 0.0252 e. The van der Waals surface area contributed by atoms with Crippen LogP contribution in [0.25, 0.3) is 0 Å². The van der Waals surface area contributed by atoms with Crippen molar-refractivity contribution in [1.82, 2.24) is 10.2 Å². The van der Waals surface area contributed by atoms with Crippen molar-refractivity contribution in [3.05, 3.63) is 0 Å². The lowest BCUT2D eigenvalue weighted by Crippen LogP contribution is -2.56. The van der Waals surface area contributed by atoms with Gasteiger partial charge in [0, 0.05) is 25.2 Å². The summed E-state index contributed by atoms with van der Waals surface area (Å²) in [4.78, 5) is 2.86. The molecule has 2 aliphatic rings. The second-order valence-corrected chi connectivity index (χ2v) is 8.00. The minimum absolute atomic E-state index is 0.746. The quantitative estimate of drug-likeness (QED) is 0.785. The minimum atomic E-state index is 0.746. The van der Waals surface area contributed by atoms with Crippen molar-refractivity contribution in [2.45, 2.75) is 84.7 Å². The van der Waals surface area contributed by atoms with Crippen LogP contribution >= 0.6 is 0 Å². The zero-order valence-electron chi connectivity index (χ0n) is 14.9. The van der Waals surface area contributed by atoms with Crippen LogP contribution in [0.5, 0.6) is 0 Å². The van der Waals surface area contributed by atoms with E-state index in [1.54, 1.807) is 0 Å². The normalized spacial score (nSPS) is 38.6. The van der Waals surface area contributed by atoms with Crippen LogP contribution in [0.1, 0.15) is 72.6 Å². The Bertz CT molecular complexity index is 281. The molecular formula is C19H38N2. The van der Waals surface area contributed by atoms with Crippen LogP contribution in [0.2, 0.25) is 0 Å². The molecule has 0 aromatic rings. The lowest BCUT2D eigenvalue weighted by atomic mass is 9.78. The number of rotatable bonds is 6. The molecule has 0 aromatic heterocycles. The van der Waals surface area contributed by atoms with Gasteiger partial charge in [-0.25, -0.2) is 0 Å². The topological polar surface area (TPSA) is 15.3 Å². The van der Waals surface area contributed by atoms with Gasteiger partial charge < -0.3 is 5.32 Å². The second-order valence-electron chi connectivity index (χ2n) is 8.00. The molecule has 1 aliphatic carbocycles. The fourth-order valence-corrected chi connectivity index (χ4v) is 4.86. The van der Waals surface area contributed by atoms with E-state index < -0.39 is 0 Å². The molecule has 2 nitrogen and oxygen atoms in total. The molecule has 1 saturated heterocycles. The lowest BCUT2D eigenvalue weighted by Gasteiger charge is -2.47. The van der Waals surface area contributed by atoms with E-state index in [2.05, 4.69) is 37.9 Å². The Hall–Kier alpha value is -0.0800. The van der Waals surface area contributed by atoms with Crippen molar-refractivity contribution in [3.63, 3.8) is 0 Å². The average molecular weight is 295 g/mol. The van der Waals surface area contributed by atoms with Crippen LogP contribution in [0, 0.1) is 17.8 Å². The van der Waals surface area contributed by atoms with Crippen molar-refractivity contribution in [2.24, 2.45) is 17.8 Å². The number of piperidine rings is 1. The molecule has 0 bridgehead atoms. The van der Waals surface area contributed by atoms with Crippen molar-refractivity contribution in [2.75, 3.05) is 19.6 Å². The van der Waals surface area contributed by atoms with E-state index in [1.807, 2.05) is 0 Å². The van der Waals surface area contributed by atoms with Crippen LogP contribution < -0.4 is 5.32 Å². The van der Waals surface area contributed by atoms with E-state index in [0.717, 1.165) is 29.8 Å². The number of hydrogen-bond acceptors (Lipinski definition) is 2. The van der Waals surface area contributed by atoms with Gasteiger partial charge in [0.1, 0.15) is 0 Å². The summed E-state index contributed by atoms with van der Waals surface area (Å²) >= 11 is 0. The fraction of sp³-hybridized carbons (Fsp3) is 1.00. The highest BCUT2D eigenvalue weighted by atomic mass is 15.2. The van der Waals surface area contributed by atoms with Crippen molar-refractivity contribution in [1.29, 1.82) is 0 Å². The first-order valence-electron chi connectivity index (χ1n) is 9.61. The zero-order chi connectivity index (χ0) is 15.2. The maximum absolute atomic E-state index is 3.87. The highest BCUT2D eigenvalue weighted by molar-refractivity contribution is 4.93. The van der Waals surface area contributed by atoms with E-state index in [9.17, 15) is 0 Å². The highest BCUT2D eigenvalue weighted by Gasteiger charge is 2.36. The summed E-state index contributed by atoms with van der Waals surface area (Å²) < 4.78 is 0. The van der Waals surface area contributed by atoms with Gasteiger partial charge in [-0.15, -0.1) is 0 Å². The summed E-state index contributed by atoms with van der Waals surface area (Å²) in [6.45, 7) is 13.4. The van der Waals surface area contributed by atoms with Gasteiger partial charge in [-0.1, -0.05) is 40.5 Å². The molecule has 0 spiro atoms. The summed E-state index contributed by atoms with van der Waals surface area (Å²) in [7, 11) is 0. The number of nitrogens with one attached hydrogen (secondary N) is 1. The molecule has 2 heteroatoms. The molecule has 2 fully saturated rings. The monoisotopic (exact) mass is 294 g/mol. The molecule has 1 saturated carbocycles. The Kier molecular flexibility index (Phi) is 7.01. The van der Waals surface area contributed by atoms with Crippen LogP contribution in [0.4, 0.5) is 0 Å². The summed E-state index contributed by atoms with van der Waals surface area (Å²) in [5.41, 5.74) is 0. The molecule has 1 aliphatic heterocycles. The van der Waals surface area contributed by atoms with E-state index in [-0.39, 0.29) is 0 Å². The summed E-state index contributed by atoms with van der Waals surface area (Å²) in [6, 6.07) is 1.54. The van der Waals surface area contributed by atoms with Crippen molar-refractivity contribution in [3.8, 4) is 0 Å². The third-order valence-corrected chi connectivity index (χ3v) is 5.64. The molecule has 1 N–H and O–H groups in total. The summed E-state index contributed by atoms with van der Waals surface area (Å²) in [6.07, 6.45) is 9.77. The maximum atomic E-state index is 3.87. The Morgan fingerprint density at radius 1 is 0.952 bits per heavy atom. The standard InChI is InChI=1S/C19H38N2/c1-5-7-17-8-9-18(20-10-6-2)19(12-17)21-13-15(3)11-16(4)14-21/h15-20H,5-14H2,1-4H3. The second kappa shape index (κ2) is 8.53. The van der Waals surface area contributed by atoms with Crippen LogP contribution in [-0.4, -0.2) is 36.6 Å². The summed E-state index contributed by atoms with van der Waals surface area (Å²) in [5, 5.41) is 3.87. The van der Waals surface area contributed by atoms with Gasteiger partial charge in [-0.3, -0.25) is 4.90 Å². The predicted octanol–water partition coefficient (Wildman–Crippen LogP) is 4.30. The molecule has 0 aromatic carbocycles. The first kappa shape index (κ1) is 17.3. The third kappa shape index (κ3) is 4.96. The van der Waals surface area contributed by atoms with Gasteiger partial charge in [0.2, 0.25) is 0 Å². The minimum Gasteiger partial charge on any atom is -0.312 e. The molecule has 5 atom stereocenters. The highest BCUT2D eigenvalue weighted by Crippen LogP contribution is 2.34. The Morgan fingerprint density at radius 3 is 2.29 bits per heavy atom. The third-order valence-electron chi connectivity index (χ3n) is 5.64. The number of nitrogens with zero attached hydrogens (tertiary/aromatic N) is 1. The largest absolute Gasteiger partial charge is 0.312 e. The first-order chi connectivity index (χ1) is 10.1. The summed E-state index contributed by atoms with van der Waals surface area (Å²) in [5.74, 6) is 2.74. The molecule has 2 rings (SSSR count). The molecule has 5 unspecified atom stereocenters. The predicted molar refractivity (Wildman–Crippen MR) is 92.6 cm³/mol. The first-order valence-corrected chi connectivity index (χ1v) is 9.61. The molecule has 124 valence electrons. The molecule has 21 heavy (non-hydrogen) atoms. The Balaban J connectivity index is 2.00. The van der Waals surface area contributed by atoms with Crippen LogP contribution in [-0.2, 0) is 0 Å². The van der Waals surface area contributed by atoms with E-state index >= 15 is 0 Å². The van der Waals surface area contributed by atoms with E-state index in [4.69, 9.17) is 0 Å². The van der Waals surface area contributed by atoms with Crippen LogP contribution in [0.3, 0.4) is 0 Å². The van der Waals surface area contributed by atoms with Crippen LogP contribution in [0.15, 0.2) is 0 Å². The molecule has 0 amide bonds. The lowest BCUT2D eigenvalue weighted by molar-refractivity contribution is 0.0409. The van der Waals surface area contributed by atoms with Gasteiger partial charge in [0.15, 0.2) is 0 Å². The van der Waals surface area contributed by atoms with Gasteiger partial charge in [-0.2, -0.15) is 0 Å². The Labute approximate surface area is 133 Å². The zero-order valence-corrected chi connectivity index (χ0v) is 14.9. The Morgan fingerprint density at radius 2 is 1.67 bits per heavy atom. The van der Waals surface area contributed by atoms with E-state index in [1.165, 1.54) is 64.6 Å². The molecule has 0 radical (unpaired) electrons. The molecule has 1 heterocycles. The van der Waals surface area contributed by atoms with Gasteiger partial charge in [0.25, 0.3) is 0 Å². The number of hydrogen-bond donors (Lipinski definition) is 1. The van der Waals surface area contributed by atoms with Gasteiger partial charge in [-0.05, 0) is 56.4 Å². The smallest absolute Gasteiger partial charge is 0.0252 e. The number of likely N-dealkylation sites (tertiary alicyclic amines) is 1. The van der Waals surface area contributed by atoms with Crippen molar-refractivity contribution >= 4 is 0 Å². The molecular weight excluding hydrogens is 256 g/mol.